The molecule has 132 valence electrons. The molecule has 0 aromatic heterocycles. The fourth-order valence-electron chi connectivity index (χ4n) is 4.08. The maximum absolute atomic E-state index is 12.4. The summed E-state index contributed by atoms with van der Waals surface area (Å²) in [4.78, 5) is 12.4. The standard InChI is InChI=1S/C17H23ClN2O3S/c1-11-7-14(18)5-6-16(11)20(24(2,22)23)10-17(21)19-15-9-12-3-4-13(15)8-12/h5-7,12-13,15H,3-4,8-10H2,1-2H3,(H,19,21)/t12-,13-,15-/m1/s1. The van der Waals surface area contributed by atoms with Crippen LogP contribution in [0, 0.1) is 18.8 Å². The molecule has 3 atom stereocenters. The van der Waals surface area contributed by atoms with Gasteiger partial charge in [0.2, 0.25) is 15.9 Å². The molecule has 0 unspecified atom stereocenters. The largest absolute Gasteiger partial charge is 0.352 e. The zero-order chi connectivity index (χ0) is 17.5. The van der Waals surface area contributed by atoms with Crippen LogP contribution in [0.4, 0.5) is 5.69 Å². The molecule has 3 rings (SSSR count). The van der Waals surface area contributed by atoms with Crippen LogP contribution in [-0.2, 0) is 14.8 Å². The van der Waals surface area contributed by atoms with Crippen LogP contribution in [0.3, 0.4) is 0 Å². The lowest BCUT2D eigenvalue weighted by Gasteiger charge is -2.27. The Kier molecular flexibility index (Phi) is 4.80. The predicted molar refractivity (Wildman–Crippen MR) is 95.8 cm³/mol. The average molecular weight is 371 g/mol. The summed E-state index contributed by atoms with van der Waals surface area (Å²) in [7, 11) is -3.56. The second-order valence-electron chi connectivity index (χ2n) is 7.05. The van der Waals surface area contributed by atoms with E-state index in [1.807, 2.05) is 0 Å². The highest BCUT2D eigenvalue weighted by atomic mass is 35.5. The Morgan fingerprint density at radius 1 is 1.33 bits per heavy atom. The van der Waals surface area contributed by atoms with Crippen molar-refractivity contribution in [1.82, 2.24) is 5.32 Å². The summed E-state index contributed by atoms with van der Waals surface area (Å²) in [5.41, 5.74) is 1.21. The Hall–Kier alpha value is -1.27. The lowest BCUT2D eigenvalue weighted by molar-refractivity contribution is -0.120. The van der Waals surface area contributed by atoms with E-state index in [-0.39, 0.29) is 18.5 Å². The van der Waals surface area contributed by atoms with Gasteiger partial charge in [0.25, 0.3) is 0 Å². The number of halogens is 1. The van der Waals surface area contributed by atoms with Gasteiger partial charge in [-0.2, -0.15) is 0 Å². The van der Waals surface area contributed by atoms with Gasteiger partial charge in [-0.3, -0.25) is 9.10 Å². The number of nitrogens with one attached hydrogen (secondary N) is 1. The lowest BCUT2D eigenvalue weighted by atomic mass is 9.95. The quantitative estimate of drug-likeness (QED) is 0.866. The number of sulfonamides is 1. The smallest absolute Gasteiger partial charge is 0.241 e. The van der Waals surface area contributed by atoms with Gasteiger partial charge < -0.3 is 5.32 Å². The molecule has 2 aliphatic carbocycles. The van der Waals surface area contributed by atoms with Crippen molar-refractivity contribution >= 4 is 33.2 Å². The molecule has 2 bridgehead atoms. The first kappa shape index (κ1) is 17.5. The Balaban J connectivity index is 1.74. The van der Waals surface area contributed by atoms with Crippen LogP contribution < -0.4 is 9.62 Å². The molecule has 5 nitrogen and oxygen atoms in total. The molecule has 2 saturated carbocycles. The Morgan fingerprint density at radius 3 is 2.62 bits per heavy atom. The molecular formula is C17H23ClN2O3S. The van der Waals surface area contributed by atoms with Crippen LogP contribution in [-0.4, -0.2) is 33.2 Å². The number of carbonyl (C=O) groups excluding carboxylic acids is 1. The number of benzene rings is 1. The molecule has 1 aromatic rings. The summed E-state index contributed by atoms with van der Waals surface area (Å²) in [5.74, 6) is 1.04. The second-order valence-corrected chi connectivity index (χ2v) is 9.39. The van der Waals surface area contributed by atoms with Crippen molar-refractivity contribution in [2.45, 2.75) is 38.6 Å². The molecule has 2 aliphatic rings. The molecule has 0 spiro atoms. The monoisotopic (exact) mass is 370 g/mol. The number of amides is 1. The van der Waals surface area contributed by atoms with Crippen molar-refractivity contribution in [2.75, 3.05) is 17.1 Å². The number of aryl methyl sites for hydroxylation is 1. The summed E-state index contributed by atoms with van der Waals surface area (Å²) in [6.07, 6.45) is 5.76. The van der Waals surface area contributed by atoms with Gasteiger partial charge >= 0.3 is 0 Å². The molecule has 0 aliphatic heterocycles. The number of nitrogens with zero attached hydrogens (tertiary/aromatic N) is 1. The number of fused-ring (bicyclic) bond motifs is 2. The van der Waals surface area contributed by atoms with Crippen LogP contribution in [0.25, 0.3) is 0 Å². The number of carbonyl (C=O) groups is 1. The third kappa shape index (κ3) is 3.70. The molecule has 0 radical (unpaired) electrons. The van der Waals surface area contributed by atoms with E-state index >= 15 is 0 Å². The van der Waals surface area contributed by atoms with E-state index in [1.54, 1.807) is 25.1 Å². The van der Waals surface area contributed by atoms with Gasteiger partial charge in [0.1, 0.15) is 6.54 Å². The summed E-state index contributed by atoms with van der Waals surface area (Å²) in [5, 5.41) is 3.58. The highest BCUT2D eigenvalue weighted by molar-refractivity contribution is 7.92. The topological polar surface area (TPSA) is 66.5 Å². The summed E-state index contributed by atoms with van der Waals surface area (Å²) >= 11 is 5.94. The number of hydrogen-bond donors (Lipinski definition) is 1. The van der Waals surface area contributed by atoms with Gasteiger partial charge in [-0.15, -0.1) is 0 Å². The van der Waals surface area contributed by atoms with Gasteiger partial charge in [-0.1, -0.05) is 18.0 Å². The lowest BCUT2D eigenvalue weighted by Crippen LogP contribution is -2.45. The summed E-state index contributed by atoms with van der Waals surface area (Å²) in [6.45, 7) is 1.59. The average Bonchev–Trinajstić information content (AvgIpc) is 3.07. The Bertz CT molecular complexity index is 750. The summed E-state index contributed by atoms with van der Waals surface area (Å²) in [6, 6.07) is 5.17. The molecular weight excluding hydrogens is 348 g/mol. The summed E-state index contributed by atoms with van der Waals surface area (Å²) < 4.78 is 25.5. The molecule has 7 heteroatoms. The number of hydrogen-bond acceptors (Lipinski definition) is 3. The highest BCUT2D eigenvalue weighted by Gasteiger charge is 2.40. The molecule has 1 N–H and O–H groups in total. The third-order valence-electron chi connectivity index (χ3n) is 5.20. The molecule has 0 saturated heterocycles. The van der Waals surface area contributed by atoms with Gasteiger partial charge in [-0.05, 0) is 61.8 Å². The van der Waals surface area contributed by atoms with Gasteiger partial charge in [0.05, 0.1) is 11.9 Å². The first-order valence-electron chi connectivity index (χ1n) is 8.27. The zero-order valence-corrected chi connectivity index (χ0v) is 15.5. The molecule has 0 heterocycles. The minimum atomic E-state index is -3.56. The van der Waals surface area contributed by atoms with E-state index in [9.17, 15) is 13.2 Å². The maximum atomic E-state index is 12.4. The van der Waals surface area contributed by atoms with E-state index in [2.05, 4.69) is 5.32 Å². The fraction of sp³-hybridized carbons (Fsp3) is 0.588. The van der Waals surface area contributed by atoms with Crippen LogP contribution >= 0.6 is 11.6 Å². The van der Waals surface area contributed by atoms with Crippen LogP contribution in [0.15, 0.2) is 18.2 Å². The van der Waals surface area contributed by atoms with Crippen molar-refractivity contribution in [1.29, 1.82) is 0 Å². The van der Waals surface area contributed by atoms with Crippen LogP contribution in [0.2, 0.25) is 5.02 Å². The van der Waals surface area contributed by atoms with Crippen LogP contribution in [0.5, 0.6) is 0 Å². The van der Waals surface area contributed by atoms with E-state index in [4.69, 9.17) is 11.6 Å². The second kappa shape index (κ2) is 6.56. The van der Waals surface area contributed by atoms with Crippen molar-refractivity contribution in [3.05, 3.63) is 28.8 Å². The minimum Gasteiger partial charge on any atom is -0.352 e. The predicted octanol–water partition coefficient (Wildman–Crippen LogP) is 2.72. The van der Waals surface area contributed by atoms with Gasteiger partial charge in [-0.25, -0.2) is 8.42 Å². The Labute approximate surface area is 148 Å². The molecule has 24 heavy (non-hydrogen) atoms. The van der Waals surface area contributed by atoms with Gasteiger partial charge in [0, 0.05) is 11.1 Å². The number of anilines is 1. The normalized spacial score (nSPS) is 25.7. The highest BCUT2D eigenvalue weighted by Crippen LogP contribution is 2.44. The van der Waals surface area contributed by atoms with E-state index in [0.717, 1.165) is 28.5 Å². The van der Waals surface area contributed by atoms with E-state index in [0.29, 0.717) is 16.6 Å². The van der Waals surface area contributed by atoms with E-state index < -0.39 is 10.0 Å². The van der Waals surface area contributed by atoms with Gasteiger partial charge in [0.15, 0.2) is 0 Å². The molecule has 2 fully saturated rings. The Morgan fingerprint density at radius 2 is 2.08 bits per heavy atom. The van der Waals surface area contributed by atoms with Crippen LogP contribution in [0.1, 0.15) is 31.2 Å². The fourth-order valence-corrected chi connectivity index (χ4v) is 5.22. The van der Waals surface area contributed by atoms with E-state index in [1.165, 1.54) is 19.3 Å². The van der Waals surface area contributed by atoms with Crippen molar-refractivity contribution in [2.24, 2.45) is 11.8 Å². The molecule has 1 aromatic carbocycles. The number of rotatable bonds is 5. The SMILES string of the molecule is Cc1cc(Cl)ccc1N(CC(=O)N[C@@H]1C[C@@H]2CC[C@@H]1C2)S(C)(=O)=O. The minimum absolute atomic E-state index is 0.198. The third-order valence-corrected chi connectivity index (χ3v) is 6.56. The maximum Gasteiger partial charge on any atom is 0.241 e. The zero-order valence-electron chi connectivity index (χ0n) is 14.0. The first-order valence-corrected chi connectivity index (χ1v) is 10.5. The van der Waals surface area contributed by atoms with Crippen molar-refractivity contribution in [3.63, 3.8) is 0 Å². The molecule has 1 amide bonds. The first-order chi connectivity index (χ1) is 11.2. The van der Waals surface area contributed by atoms with Crippen molar-refractivity contribution < 1.29 is 13.2 Å². The van der Waals surface area contributed by atoms with Crippen molar-refractivity contribution in [3.8, 4) is 0 Å².